The molecule has 7 nitrogen and oxygen atoms in total. The fourth-order valence-corrected chi connectivity index (χ4v) is 2.51. The van der Waals surface area contributed by atoms with Crippen LogP contribution in [0.5, 0.6) is 0 Å². The van der Waals surface area contributed by atoms with E-state index in [1.807, 2.05) is 6.92 Å². The van der Waals surface area contributed by atoms with Gasteiger partial charge in [0.1, 0.15) is 0 Å². The molecule has 1 amide bonds. The van der Waals surface area contributed by atoms with Crippen LogP contribution in [0, 0.1) is 5.92 Å². The minimum Gasteiger partial charge on any atom is -0.358 e. The number of hydrogen-bond acceptors (Lipinski definition) is 4. The van der Waals surface area contributed by atoms with Crippen LogP contribution >= 0.6 is 12.2 Å². The van der Waals surface area contributed by atoms with Gasteiger partial charge in [0.2, 0.25) is 0 Å². The van der Waals surface area contributed by atoms with E-state index in [4.69, 9.17) is 12.2 Å². The van der Waals surface area contributed by atoms with E-state index in [2.05, 4.69) is 41.7 Å². The Balaban J connectivity index is 2.26. The topological polar surface area (TPSA) is 88.0 Å². The van der Waals surface area contributed by atoms with Crippen LogP contribution in [0.25, 0.3) is 10.8 Å². The van der Waals surface area contributed by atoms with Crippen molar-refractivity contribution in [2.24, 2.45) is 5.92 Å². The van der Waals surface area contributed by atoms with Gasteiger partial charge in [0.15, 0.2) is 10.8 Å². The molecule has 8 heteroatoms. The SMILES string of the molecule is C=C(C)CNC(=S)NNC(=O)c1nn(CCC(C)C)c(=O)c2ccccc12. The number of aromatic nitrogens is 2. The molecule has 1 heterocycles. The molecule has 1 aromatic carbocycles. The number of thiocarbonyl (C=S) groups is 1. The van der Waals surface area contributed by atoms with Gasteiger partial charge in [0, 0.05) is 18.5 Å². The van der Waals surface area contributed by atoms with Gasteiger partial charge in [-0.2, -0.15) is 5.10 Å². The van der Waals surface area contributed by atoms with Crippen molar-refractivity contribution in [1.82, 2.24) is 25.9 Å². The van der Waals surface area contributed by atoms with E-state index in [0.29, 0.717) is 29.8 Å². The molecule has 0 aliphatic rings. The normalized spacial score (nSPS) is 10.7. The van der Waals surface area contributed by atoms with Crippen molar-refractivity contribution in [3.05, 3.63) is 52.5 Å². The zero-order valence-electron chi connectivity index (χ0n) is 15.8. The fourth-order valence-electron chi connectivity index (χ4n) is 2.38. The summed E-state index contributed by atoms with van der Waals surface area (Å²) in [6.07, 6.45) is 0.791. The minimum atomic E-state index is -0.469. The van der Waals surface area contributed by atoms with Crippen LogP contribution in [-0.2, 0) is 6.54 Å². The number of rotatable bonds is 6. The van der Waals surface area contributed by atoms with E-state index in [-0.39, 0.29) is 16.4 Å². The predicted octanol–water partition coefficient (Wildman–Crippen LogP) is 2.13. The monoisotopic (exact) mass is 387 g/mol. The molecule has 0 unspecified atom stereocenters. The van der Waals surface area contributed by atoms with Crippen molar-refractivity contribution < 1.29 is 4.79 Å². The molecule has 3 N–H and O–H groups in total. The Bertz CT molecular complexity index is 920. The minimum absolute atomic E-state index is 0.171. The first-order chi connectivity index (χ1) is 12.8. The third kappa shape index (κ3) is 5.62. The second-order valence-electron chi connectivity index (χ2n) is 6.82. The van der Waals surface area contributed by atoms with Gasteiger partial charge in [0.25, 0.3) is 11.5 Å². The van der Waals surface area contributed by atoms with Gasteiger partial charge in [-0.25, -0.2) is 4.68 Å². The highest BCUT2D eigenvalue weighted by Crippen LogP contribution is 2.13. The van der Waals surface area contributed by atoms with Crippen LogP contribution in [0.3, 0.4) is 0 Å². The molecule has 0 radical (unpaired) electrons. The largest absolute Gasteiger partial charge is 0.358 e. The lowest BCUT2D eigenvalue weighted by Gasteiger charge is -2.14. The molecular weight excluding hydrogens is 362 g/mol. The molecule has 2 rings (SSSR count). The maximum Gasteiger partial charge on any atom is 0.290 e. The van der Waals surface area contributed by atoms with Gasteiger partial charge >= 0.3 is 0 Å². The van der Waals surface area contributed by atoms with Crippen LogP contribution < -0.4 is 21.7 Å². The second kappa shape index (κ2) is 9.27. The molecule has 0 saturated heterocycles. The summed E-state index contributed by atoms with van der Waals surface area (Å²) in [6, 6.07) is 6.95. The van der Waals surface area contributed by atoms with Crippen LogP contribution in [0.1, 0.15) is 37.7 Å². The van der Waals surface area contributed by atoms with Crippen LogP contribution in [0.2, 0.25) is 0 Å². The summed E-state index contributed by atoms with van der Waals surface area (Å²) in [4.78, 5) is 25.3. The van der Waals surface area contributed by atoms with Crippen molar-refractivity contribution in [2.75, 3.05) is 6.54 Å². The van der Waals surface area contributed by atoms with Crippen molar-refractivity contribution in [3.63, 3.8) is 0 Å². The van der Waals surface area contributed by atoms with Gasteiger partial charge in [-0.1, -0.05) is 44.2 Å². The number of benzene rings is 1. The summed E-state index contributed by atoms with van der Waals surface area (Å²) in [5.41, 5.74) is 6.05. The highest BCUT2D eigenvalue weighted by molar-refractivity contribution is 7.80. The van der Waals surface area contributed by atoms with Crippen LogP contribution in [0.4, 0.5) is 0 Å². The lowest BCUT2D eigenvalue weighted by molar-refractivity contribution is 0.0938. The fraction of sp³-hybridized carbons (Fsp3) is 0.368. The highest BCUT2D eigenvalue weighted by atomic mass is 32.1. The summed E-state index contributed by atoms with van der Waals surface area (Å²) >= 11 is 5.10. The highest BCUT2D eigenvalue weighted by Gasteiger charge is 2.17. The Morgan fingerprint density at radius 1 is 1.26 bits per heavy atom. The first kappa shape index (κ1) is 20.6. The molecule has 0 aliphatic heterocycles. The molecule has 144 valence electrons. The Kier molecular flexibility index (Phi) is 7.06. The standard InChI is InChI=1S/C19H25N5O2S/c1-12(2)9-10-24-18(26)15-8-6-5-7-14(15)16(23-24)17(25)21-22-19(27)20-11-13(3)4/h5-8,12H,3,9-11H2,1-2,4H3,(H,21,25)(H2,20,22,27). The van der Waals surface area contributed by atoms with Gasteiger partial charge < -0.3 is 5.32 Å². The first-order valence-electron chi connectivity index (χ1n) is 8.78. The molecule has 0 aliphatic carbocycles. The van der Waals surface area contributed by atoms with E-state index >= 15 is 0 Å². The first-order valence-corrected chi connectivity index (χ1v) is 9.19. The summed E-state index contributed by atoms with van der Waals surface area (Å²) in [7, 11) is 0. The maximum atomic E-state index is 12.6. The van der Waals surface area contributed by atoms with E-state index in [9.17, 15) is 9.59 Å². The number of carbonyl (C=O) groups excluding carboxylic acids is 1. The maximum absolute atomic E-state index is 12.6. The van der Waals surface area contributed by atoms with E-state index in [0.717, 1.165) is 12.0 Å². The van der Waals surface area contributed by atoms with E-state index in [1.54, 1.807) is 24.3 Å². The number of amides is 1. The molecular formula is C19H25N5O2S. The molecule has 2 aromatic rings. The zero-order chi connectivity index (χ0) is 20.0. The Hall–Kier alpha value is -2.74. The summed E-state index contributed by atoms with van der Waals surface area (Å²) in [5.74, 6) is -0.0511. The number of hydrazine groups is 1. The number of hydrogen-bond donors (Lipinski definition) is 3. The number of nitrogens with zero attached hydrogens (tertiary/aromatic N) is 2. The van der Waals surface area contributed by atoms with Gasteiger partial charge in [-0.3, -0.25) is 20.4 Å². The predicted molar refractivity (Wildman–Crippen MR) is 111 cm³/mol. The van der Waals surface area contributed by atoms with Crippen molar-refractivity contribution >= 4 is 34.0 Å². The number of aryl methyl sites for hydroxylation is 1. The van der Waals surface area contributed by atoms with E-state index < -0.39 is 5.91 Å². The Morgan fingerprint density at radius 3 is 2.56 bits per heavy atom. The summed E-state index contributed by atoms with van der Waals surface area (Å²) < 4.78 is 1.36. The summed E-state index contributed by atoms with van der Waals surface area (Å²) in [6.45, 7) is 10.7. The zero-order valence-corrected chi connectivity index (χ0v) is 16.7. The molecule has 27 heavy (non-hydrogen) atoms. The van der Waals surface area contributed by atoms with E-state index in [1.165, 1.54) is 4.68 Å². The molecule has 0 saturated carbocycles. The second-order valence-corrected chi connectivity index (χ2v) is 7.23. The van der Waals surface area contributed by atoms with Crippen molar-refractivity contribution in [3.8, 4) is 0 Å². The number of carbonyl (C=O) groups is 1. The number of fused-ring (bicyclic) bond motifs is 1. The Morgan fingerprint density at radius 2 is 1.93 bits per heavy atom. The third-order valence-corrected chi connectivity index (χ3v) is 4.09. The molecule has 0 fully saturated rings. The van der Waals surface area contributed by atoms with Gasteiger partial charge in [-0.05, 0) is 37.5 Å². The average Bonchev–Trinajstić information content (AvgIpc) is 2.63. The molecule has 0 bridgehead atoms. The van der Waals surface area contributed by atoms with Crippen LogP contribution in [0.15, 0.2) is 41.2 Å². The third-order valence-electron chi connectivity index (χ3n) is 3.84. The quantitative estimate of drug-likeness (QED) is 0.400. The molecule has 0 spiro atoms. The Labute approximate surface area is 163 Å². The molecule has 1 aromatic heterocycles. The van der Waals surface area contributed by atoms with Gasteiger partial charge in [0.05, 0.1) is 5.39 Å². The smallest absolute Gasteiger partial charge is 0.290 e. The van der Waals surface area contributed by atoms with Crippen molar-refractivity contribution in [1.29, 1.82) is 0 Å². The average molecular weight is 388 g/mol. The number of nitrogens with one attached hydrogen (secondary N) is 3. The van der Waals surface area contributed by atoms with Crippen molar-refractivity contribution in [2.45, 2.75) is 33.7 Å². The lowest BCUT2D eigenvalue weighted by Crippen LogP contribution is -2.47. The van der Waals surface area contributed by atoms with Crippen LogP contribution in [-0.4, -0.2) is 27.3 Å². The summed E-state index contributed by atoms with van der Waals surface area (Å²) in [5, 5.41) is 8.44. The van der Waals surface area contributed by atoms with Gasteiger partial charge in [-0.15, -0.1) is 0 Å². The molecule has 0 atom stereocenters. The lowest BCUT2D eigenvalue weighted by atomic mass is 10.1.